The molecule has 166 valence electrons. The van der Waals surface area contributed by atoms with Gasteiger partial charge in [0.1, 0.15) is 11.5 Å². The third kappa shape index (κ3) is 4.25. The molecule has 0 saturated heterocycles. The second kappa shape index (κ2) is 8.01. The molecule has 0 radical (unpaired) electrons. The van der Waals surface area contributed by atoms with Gasteiger partial charge in [0.15, 0.2) is 0 Å². The van der Waals surface area contributed by atoms with E-state index in [4.69, 9.17) is 0 Å². The first-order chi connectivity index (χ1) is 15.9. The van der Waals surface area contributed by atoms with Gasteiger partial charge in [-0.05, 0) is 29.8 Å². The number of H-pyrrole nitrogens is 1. The standard InChI is InChI=1S/C22H16F3N7O/c23-22(24,25)5-3-19-27-11-16-15(10-28-20(16)31-19)13-4-7-32-18(8-13)17(12-29-32)21(33)30-14-2-1-6-26-9-14/h1-2,4,6-12H,3,5H2,(H,30,33)(H,27,28,31). The van der Waals surface area contributed by atoms with Gasteiger partial charge in [0, 0.05) is 42.2 Å². The average Bonchev–Trinajstić information content (AvgIpc) is 3.41. The fourth-order valence-corrected chi connectivity index (χ4v) is 3.51. The number of aromatic nitrogens is 6. The van der Waals surface area contributed by atoms with E-state index in [2.05, 4.69) is 30.4 Å². The Morgan fingerprint density at radius 3 is 2.85 bits per heavy atom. The number of anilines is 1. The van der Waals surface area contributed by atoms with Crippen molar-refractivity contribution in [3.05, 3.63) is 72.8 Å². The van der Waals surface area contributed by atoms with E-state index in [1.807, 2.05) is 12.1 Å². The van der Waals surface area contributed by atoms with E-state index in [0.29, 0.717) is 27.8 Å². The van der Waals surface area contributed by atoms with Crippen molar-refractivity contribution in [2.45, 2.75) is 19.0 Å². The van der Waals surface area contributed by atoms with E-state index in [1.54, 1.807) is 41.4 Å². The molecule has 33 heavy (non-hydrogen) atoms. The van der Waals surface area contributed by atoms with Gasteiger partial charge >= 0.3 is 6.18 Å². The van der Waals surface area contributed by atoms with Crippen LogP contribution in [0.25, 0.3) is 27.7 Å². The van der Waals surface area contributed by atoms with Crippen LogP contribution in [-0.4, -0.2) is 41.6 Å². The van der Waals surface area contributed by atoms with E-state index >= 15 is 0 Å². The topological polar surface area (TPSA) is 101 Å². The molecule has 5 aromatic heterocycles. The summed E-state index contributed by atoms with van der Waals surface area (Å²) in [5, 5.41) is 7.68. The maximum atomic E-state index is 12.8. The van der Waals surface area contributed by atoms with Crippen molar-refractivity contribution in [3.63, 3.8) is 0 Å². The number of hydrogen-bond donors (Lipinski definition) is 2. The van der Waals surface area contributed by atoms with Crippen molar-refractivity contribution in [1.82, 2.24) is 29.5 Å². The molecular weight excluding hydrogens is 435 g/mol. The van der Waals surface area contributed by atoms with Crippen LogP contribution in [0.5, 0.6) is 0 Å². The molecular formula is C22H16F3N7O. The zero-order valence-corrected chi connectivity index (χ0v) is 17.0. The van der Waals surface area contributed by atoms with E-state index in [-0.39, 0.29) is 18.2 Å². The molecule has 11 heteroatoms. The lowest BCUT2D eigenvalue weighted by Crippen LogP contribution is -2.11. The number of hydrogen-bond acceptors (Lipinski definition) is 5. The van der Waals surface area contributed by atoms with Crippen molar-refractivity contribution < 1.29 is 18.0 Å². The third-order valence-electron chi connectivity index (χ3n) is 5.11. The molecule has 0 bridgehead atoms. The Morgan fingerprint density at radius 1 is 1.18 bits per heavy atom. The van der Waals surface area contributed by atoms with Gasteiger partial charge in [-0.25, -0.2) is 14.5 Å². The third-order valence-corrected chi connectivity index (χ3v) is 5.11. The number of amides is 1. The number of rotatable bonds is 5. The first-order valence-electron chi connectivity index (χ1n) is 9.96. The number of fused-ring (bicyclic) bond motifs is 2. The zero-order chi connectivity index (χ0) is 23.0. The second-order valence-electron chi connectivity index (χ2n) is 7.37. The highest BCUT2D eigenvalue weighted by Gasteiger charge is 2.27. The molecule has 0 atom stereocenters. The summed E-state index contributed by atoms with van der Waals surface area (Å²) in [6.45, 7) is 0. The van der Waals surface area contributed by atoms with Crippen molar-refractivity contribution in [2.75, 3.05) is 5.32 Å². The molecule has 0 spiro atoms. The monoisotopic (exact) mass is 451 g/mol. The number of nitrogens with one attached hydrogen (secondary N) is 2. The van der Waals surface area contributed by atoms with Gasteiger partial charge in [0.25, 0.3) is 5.91 Å². The molecule has 5 heterocycles. The summed E-state index contributed by atoms with van der Waals surface area (Å²) in [5.74, 6) is -0.208. The van der Waals surface area contributed by atoms with Crippen LogP contribution in [0, 0.1) is 0 Å². The average molecular weight is 451 g/mol. The van der Waals surface area contributed by atoms with Gasteiger partial charge in [-0.1, -0.05) is 0 Å². The number of aromatic amines is 1. The summed E-state index contributed by atoms with van der Waals surface area (Å²) in [5.41, 5.74) is 3.51. The molecule has 0 unspecified atom stereocenters. The molecule has 1 amide bonds. The summed E-state index contributed by atoms with van der Waals surface area (Å²) in [4.78, 5) is 28.1. The fraction of sp³-hybridized carbons (Fsp3) is 0.136. The Balaban J connectivity index is 1.46. The summed E-state index contributed by atoms with van der Waals surface area (Å²) >= 11 is 0. The van der Waals surface area contributed by atoms with Crippen LogP contribution < -0.4 is 5.32 Å². The minimum absolute atomic E-state index is 0.119. The van der Waals surface area contributed by atoms with Gasteiger partial charge in [-0.2, -0.15) is 18.3 Å². The van der Waals surface area contributed by atoms with Gasteiger partial charge < -0.3 is 10.3 Å². The second-order valence-corrected chi connectivity index (χ2v) is 7.37. The molecule has 0 aromatic carbocycles. The number of carbonyl (C=O) groups excluding carboxylic acids is 1. The minimum Gasteiger partial charge on any atom is -0.345 e. The highest BCUT2D eigenvalue weighted by atomic mass is 19.4. The normalized spacial score (nSPS) is 11.8. The van der Waals surface area contributed by atoms with Crippen LogP contribution in [0.4, 0.5) is 18.9 Å². The number of aryl methyl sites for hydroxylation is 1. The molecule has 5 aromatic rings. The summed E-state index contributed by atoms with van der Waals surface area (Å²) in [6.07, 6.45) is 4.06. The number of nitrogens with zero attached hydrogens (tertiary/aromatic N) is 5. The smallest absolute Gasteiger partial charge is 0.345 e. The van der Waals surface area contributed by atoms with Crippen LogP contribution in [0.2, 0.25) is 0 Å². The lowest BCUT2D eigenvalue weighted by molar-refractivity contribution is -0.134. The minimum atomic E-state index is -4.26. The number of pyridine rings is 2. The van der Waals surface area contributed by atoms with Crippen LogP contribution in [0.15, 0.2) is 61.4 Å². The lowest BCUT2D eigenvalue weighted by atomic mass is 10.1. The SMILES string of the molecule is O=C(Nc1cccnc1)c1cnn2ccc(-c3c[nH]c4nc(CCC(F)(F)F)ncc34)cc12. The Hall–Kier alpha value is -4.28. The van der Waals surface area contributed by atoms with Gasteiger partial charge in [-0.3, -0.25) is 9.78 Å². The number of halogens is 3. The van der Waals surface area contributed by atoms with E-state index in [1.165, 1.54) is 12.4 Å². The molecule has 0 saturated carbocycles. The van der Waals surface area contributed by atoms with E-state index in [0.717, 1.165) is 11.1 Å². The van der Waals surface area contributed by atoms with Gasteiger partial charge in [0.2, 0.25) is 0 Å². The van der Waals surface area contributed by atoms with Gasteiger partial charge in [-0.15, -0.1) is 0 Å². The van der Waals surface area contributed by atoms with Crippen molar-refractivity contribution in [3.8, 4) is 11.1 Å². The van der Waals surface area contributed by atoms with Crippen molar-refractivity contribution >= 4 is 28.1 Å². The maximum Gasteiger partial charge on any atom is 0.389 e. The highest BCUT2D eigenvalue weighted by Crippen LogP contribution is 2.29. The molecule has 0 aliphatic carbocycles. The largest absolute Gasteiger partial charge is 0.389 e. The summed E-state index contributed by atoms with van der Waals surface area (Å²) < 4.78 is 39.1. The first-order valence-corrected chi connectivity index (χ1v) is 9.96. The molecule has 0 aliphatic heterocycles. The van der Waals surface area contributed by atoms with E-state index in [9.17, 15) is 18.0 Å². The Labute approximate surface area is 184 Å². The quantitative estimate of drug-likeness (QED) is 0.412. The molecule has 0 fully saturated rings. The summed E-state index contributed by atoms with van der Waals surface area (Å²) in [6, 6.07) is 7.09. The Bertz CT molecular complexity index is 1460. The molecule has 0 aliphatic rings. The molecule has 8 nitrogen and oxygen atoms in total. The predicted octanol–water partition coefficient (Wildman–Crippen LogP) is 4.41. The first kappa shape index (κ1) is 20.6. The van der Waals surface area contributed by atoms with Crippen LogP contribution >= 0.6 is 0 Å². The van der Waals surface area contributed by atoms with Crippen LogP contribution in [-0.2, 0) is 6.42 Å². The fourth-order valence-electron chi connectivity index (χ4n) is 3.51. The number of carbonyl (C=O) groups is 1. The Kier molecular flexibility index (Phi) is 5.00. The molecule has 5 rings (SSSR count). The lowest BCUT2D eigenvalue weighted by Gasteiger charge is -2.06. The highest BCUT2D eigenvalue weighted by molar-refractivity contribution is 6.09. The van der Waals surface area contributed by atoms with E-state index < -0.39 is 12.6 Å². The van der Waals surface area contributed by atoms with Gasteiger partial charge in [0.05, 0.1) is 35.6 Å². The van der Waals surface area contributed by atoms with Crippen molar-refractivity contribution in [2.24, 2.45) is 0 Å². The van der Waals surface area contributed by atoms with Crippen LogP contribution in [0.3, 0.4) is 0 Å². The maximum absolute atomic E-state index is 12.8. The predicted molar refractivity (Wildman–Crippen MR) is 115 cm³/mol. The van der Waals surface area contributed by atoms with Crippen LogP contribution in [0.1, 0.15) is 22.6 Å². The Morgan fingerprint density at radius 2 is 2.06 bits per heavy atom. The zero-order valence-electron chi connectivity index (χ0n) is 17.0. The summed E-state index contributed by atoms with van der Waals surface area (Å²) in [7, 11) is 0. The van der Waals surface area contributed by atoms with Crippen molar-refractivity contribution in [1.29, 1.82) is 0 Å². The molecule has 2 N–H and O–H groups in total. The number of alkyl halides is 3.